The Morgan fingerprint density at radius 3 is 2.55 bits per heavy atom. The number of aromatic amines is 1. The van der Waals surface area contributed by atoms with E-state index in [1.54, 1.807) is 6.21 Å². The van der Waals surface area contributed by atoms with Crippen molar-refractivity contribution in [3.8, 4) is 11.3 Å². The van der Waals surface area contributed by atoms with Gasteiger partial charge in [0.25, 0.3) is 0 Å². The van der Waals surface area contributed by atoms with Crippen LogP contribution in [0.2, 0.25) is 5.02 Å². The van der Waals surface area contributed by atoms with E-state index in [0.717, 1.165) is 33.2 Å². The first kappa shape index (κ1) is 17.3. The smallest absolute Gasteiger partial charge is 0.244 e. The lowest BCUT2D eigenvalue weighted by molar-refractivity contribution is 1.15. The van der Waals surface area contributed by atoms with Crippen molar-refractivity contribution in [2.45, 2.75) is 0 Å². The van der Waals surface area contributed by atoms with Crippen molar-refractivity contribution in [1.82, 2.24) is 19.9 Å². The van der Waals surface area contributed by atoms with Crippen LogP contribution in [0.25, 0.3) is 33.2 Å². The molecule has 0 aliphatic carbocycles. The summed E-state index contributed by atoms with van der Waals surface area (Å²) >= 11 is 6.20. The van der Waals surface area contributed by atoms with Crippen molar-refractivity contribution in [2.75, 3.05) is 5.43 Å². The van der Waals surface area contributed by atoms with E-state index in [9.17, 15) is 0 Å². The molecule has 0 amide bonds. The van der Waals surface area contributed by atoms with Gasteiger partial charge in [-0.2, -0.15) is 5.10 Å². The maximum atomic E-state index is 6.20. The fraction of sp³-hybridized carbons (Fsp3) is 0. The van der Waals surface area contributed by atoms with Gasteiger partial charge in [-0.3, -0.25) is 0 Å². The lowest BCUT2D eigenvalue weighted by atomic mass is 10.1. The van der Waals surface area contributed by atoms with Crippen molar-refractivity contribution in [2.24, 2.45) is 5.10 Å². The van der Waals surface area contributed by atoms with Gasteiger partial charge in [0.1, 0.15) is 0 Å². The van der Waals surface area contributed by atoms with Gasteiger partial charge in [-0.05, 0) is 30.3 Å². The molecule has 2 aromatic heterocycles. The van der Waals surface area contributed by atoms with E-state index < -0.39 is 0 Å². The van der Waals surface area contributed by atoms with Crippen molar-refractivity contribution < 1.29 is 0 Å². The third kappa shape index (κ3) is 3.53. The summed E-state index contributed by atoms with van der Waals surface area (Å²) < 4.78 is 0. The molecular weight excluding hydrogens is 384 g/mol. The Morgan fingerprint density at radius 2 is 1.69 bits per heavy atom. The summed E-state index contributed by atoms with van der Waals surface area (Å²) in [6.07, 6.45) is 1.61. The lowest BCUT2D eigenvalue weighted by Gasteiger charge is -2.08. The summed E-state index contributed by atoms with van der Waals surface area (Å²) in [7, 11) is 0. The fourth-order valence-electron chi connectivity index (χ4n) is 3.15. The predicted molar refractivity (Wildman–Crippen MR) is 117 cm³/mol. The van der Waals surface area contributed by atoms with Crippen LogP contribution in [-0.2, 0) is 0 Å². The minimum Gasteiger partial charge on any atom is -0.337 e. The number of aromatic nitrogens is 4. The first-order chi connectivity index (χ1) is 14.3. The molecule has 0 atom stereocenters. The standard InChI is InChI=1S/C22H15ClN6/c23-15-10-11-17-16(12-15)21(14-6-2-1-3-7-14)28-22(27-17)29-24-13-20-25-18-8-4-5-9-19(18)26-20/h1-13H,(H,25,26)(H,27,28,29)/b24-13-. The van der Waals surface area contributed by atoms with Crippen LogP contribution >= 0.6 is 11.6 Å². The number of anilines is 1. The van der Waals surface area contributed by atoms with E-state index in [0.29, 0.717) is 16.8 Å². The van der Waals surface area contributed by atoms with Crippen molar-refractivity contribution in [3.63, 3.8) is 0 Å². The molecule has 5 aromatic rings. The zero-order valence-electron chi connectivity index (χ0n) is 15.2. The molecule has 0 unspecified atom stereocenters. The Balaban J connectivity index is 1.50. The minimum absolute atomic E-state index is 0.394. The summed E-state index contributed by atoms with van der Waals surface area (Å²) in [4.78, 5) is 16.9. The number of fused-ring (bicyclic) bond motifs is 2. The number of benzene rings is 3. The van der Waals surface area contributed by atoms with Gasteiger partial charge in [0.15, 0.2) is 5.82 Å². The van der Waals surface area contributed by atoms with Crippen LogP contribution in [0.15, 0.2) is 77.9 Å². The molecule has 0 aliphatic rings. The Labute approximate surface area is 171 Å². The van der Waals surface area contributed by atoms with Gasteiger partial charge in [0.2, 0.25) is 5.95 Å². The second-order valence-electron chi connectivity index (χ2n) is 6.43. The normalized spacial score (nSPS) is 11.5. The monoisotopic (exact) mass is 398 g/mol. The van der Waals surface area contributed by atoms with Gasteiger partial charge >= 0.3 is 0 Å². The molecule has 140 valence electrons. The highest BCUT2D eigenvalue weighted by Gasteiger charge is 2.10. The number of hydrazone groups is 1. The van der Waals surface area contributed by atoms with Crippen LogP contribution in [-0.4, -0.2) is 26.2 Å². The molecule has 2 heterocycles. The van der Waals surface area contributed by atoms with E-state index in [1.807, 2.05) is 72.8 Å². The summed E-state index contributed by atoms with van der Waals surface area (Å²) in [6, 6.07) is 23.3. The van der Waals surface area contributed by atoms with Crippen LogP contribution < -0.4 is 5.43 Å². The molecule has 29 heavy (non-hydrogen) atoms. The number of H-pyrrole nitrogens is 1. The Morgan fingerprint density at radius 1 is 0.862 bits per heavy atom. The minimum atomic E-state index is 0.394. The maximum Gasteiger partial charge on any atom is 0.244 e. The van der Waals surface area contributed by atoms with E-state index in [1.165, 1.54) is 0 Å². The summed E-state index contributed by atoms with van der Waals surface area (Å²) in [5, 5.41) is 5.77. The highest BCUT2D eigenvalue weighted by molar-refractivity contribution is 6.31. The number of halogens is 1. The summed E-state index contributed by atoms with van der Waals surface area (Å²) in [6.45, 7) is 0. The third-order valence-electron chi connectivity index (χ3n) is 4.46. The zero-order chi connectivity index (χ0) is 19.6. The van der Waals surface area contributed by atoms with Crippen LogP contribution in [0.3, 0.4) is 0 Å². The van der Waals surface area contributed by atoms with Gasteiger partial charge in [0, 0.05) is 16.0 Å². The average Bonchev–Trinajstić information content (AvgIpc) is 3.17. The Hall–Kier alpha value is -3.77. The van der Waals surface area contributed by atoms with E-state index >= 15 is 0 Å². The molecule has 0 saturated heterocycles. The highest BCUT2D eigenvalue weighted by Crippen LogP contribution is 2.29. The lowest BCUT2D eigenvalue weighted by Crippen LogP contribution is -2.00. The summed E-state index contributed by atoms with van der Waals surface area (Å²) in [5.41, 5.74) is 7.31. The van der Waals surface area contributed by atoms with Gasteiger partial charge in [-0.25, -0.2) is 20.4 Å². The molecule has 0 saturated carbocycles. The van der Waals surface area contributed by atoms with Gasteiger partial charge in [-0.1, -0.05) is 54.1 Å². The zero-order valence-corrected chi connectivity index (χ0v) is 15.9. The number of hydrogen-bond donors (Lipinski definition) is 2. The number of nitrogens with one attached hydrogen (secondary N) is 2. The van der Waals surface area contributed by atoms with E-state index in [4.69, 9.17) is 11.6 Å². The molecule has 5 rings (SSSR count). The van der Waals surface area contributed by atoms with Crippen LogP contribution in [0, 0.1) is 0 Å². The molecule has 0 radical (unpaired) electrons. The third-order valence-corrected chi connectivity index (χ3v) is 4.70. The van der Waals surface area contributed by atoms with Crippen molar-refractivity contribution in [1.29, 1.82) is 0 Å². The molecule has 2 N–H and O–H groups in total. The average molecular weight is 399 g/mol. The van der Waals surface area contributed by atoms with Crippen LogP contribution in [0.4, 0.5) is 5.95 Å². The van der Waals surface area contributed by atoms with Crippen molar-refractivity contribution in [3.05, 3.63) is 83.6 Å². The molecule has 0 fully saturated rings. The molecular formula is C22H15ClN6. The van der Waals surface area contributed by atoms with Gasteiger partial charge < -0.3 is 4.98 Å². The Bertz CT molecular complexity index is 1310. The van der Waals surface area contributed by atoms with Crippen LogP contribution in [0.5, 0.6) is 0 Å². The summed E-state index contributed by atoms with van der Waals surface area (Å²) in [5.74, 6) is 1.04. The molecule has 0 spiro atoms. The quantitative estimate of drug-likeness (QED) is 0.319. The van der Waals surface area contributed by atoms with Gasteiger partial charge in [-0.15, -0.1) is 0 Å². The molecule has 7 heteroatoms. The number of nitrogens with zero attached hydrogens (tertiary/aromatic N) is 4. The van der Waals surface area contributed by atoms with Crippen LogP contribution in [0.1, 0.15) is 5.82 Å². The number of rotatable bonds is 4. The first-order valence-electron chi connectivity index (χ1n) is 9.03. The largest absolute Gasteiger partial charge is 0.337 e. The first-order valence-corrected chi connectivity index (χ1v) is 9.41. The number of hydrogen-bond acceptors (Lipinski definition) is 5. The Kier molecular flexibility index (Phi) is 4.38. The molecule has 3 aromatic carbocycles. The van der Waals surface area contributed by atoms with E-state index in [2.05, 4.69) is 30.5 Å². The highest BCUT2D eigenvalue weighted by atomic mass is 35.5. The topological polar surface area (TPSA) is 78.9 Å². The molecule has 0 aliphatic heterocycles. The SMILES string of the molecule is Clc1ccc2nc(N/N=C\c3nc4ccccc4[nH]3)nc(-c3ccccc3)c2c1. The number of para-hydroxylation sites is 2. The maximum absolute atomic E-state index is 6.20. The second-order valence-corrected chi connectivity index (χ2v) is 6.87. The number of imidazole rings is 1. The fourth-order valence-corrected chi connectivity index (χ4v) is 3.32. The van der Waals surface area contributed by atoms with Gasteiger partial charge in [0.05, 0.1) is 28.5 Å². The second kappa shape index (κ2) is 7.33. The molecule has 0 bridgehead atoms. The predicted octanol–water partition coefficient (Wildman–Crippen LogP) is 5.27. The van der Waals surface area contributed by atoms with Crippen molar-refractivity contribution >= 4 is 45.7 Å². The molecule has 6 nitrogen and oxygen atoms in total. The van der Waals surface area contributed by atoms with E-state index in [-0.39, 0.29) is 0 Å².